The van der Waals surface area contributed by atoms with Gasteiger partial charge in [0.1, 0.15) is 0 Å². The number of nitrogens with two attached hydrogens (primary N) is 1. The number of fused-ring (bicyclic) bond motifs is 1. The molecule has 4 nitrogen and oxygen atoms in total. The zero-order valence-corrected chi connectivity index (χ0v) is 13.8. The second-order valence-electron chi connectivity index (χ2n) is 5.55. The zero-order chi connectivity index (χ0) is 15.4. The lowest BCUT2D eigenvalue weighted by Crippen LogP contribution is -2.36. The fourth-order valence-corrected chi connectivity index (χ4v) is 2.85. The number of halogens is 1. The van der Waals surface area contributed by atoms with Crippen molar-refractivity contribution in [3.63, 3.8) is 0 Å². The van der Waals surface area contributed by atoms with Gasteiger partial charge in [0.05, 0.1) is 18.2 Å². The van der Waals surface area contributed by atoms with Gasteiger partial charge in [0.25, 0.3) is 0 Å². The van der Waals surface area contributed by atoms with E-state index in [1.54, 1.807) is 0 Å². The summed E-state index contributed by atoms with van der Waals surface area (Å²) < 4.78 is 11.4. The molecule has 2 rings (SSSR count). The van der Waals surface area contributed by atoms with Gasteiger partial charge < -0.3 is 15.2 Å². The average molecular weight is 313 g/mol. The molecule has 1 aromatic carbocycles. The number of hydrogen-bond donors (Lipinski definition) is 1. The maximum Gasteiger partial charge on any atom is 0.179 e. The first-order valence-corrected chi connectivity index (χ1v) is 7.97. The molecule has 1 aromatic rings. The largest absolute Gasteiger partial charge is 0.489 e. The molecule has 1 heterocycles. The number of nitrogens with zero attached hydrogens (tertiary/aromatic N) is 1. The van der Waals surface area contributed by atoms with E-state index in [0.29, 0.717) is 36.6 Å². The molecular weight excluding hydrogens is 288 g/mol. The van der Waals surface area contributed by atoms with Crippen molar-refractivity contribution >= 4 is 11.6 Å². The Morgan fingerprint density at radius 3 is 2.71 bits per heavy atom. The minimum atomic E-state index is 0.120. The average Bonchev–Trinajstić information content (AvgIpc) is 2.72. The van der Waals surface area contributed by atoms with Gasteiger partial charge in [-0.2, -0.15) is 0 Å². The minimum Gasteiger partial charge on any atom is -0.489 e. The van der Waals surface area contributed by atoms with Gasteiger partial charge in [0, 0.05) is 25.0 Å². The summed E-state index contributed by atoms with van der Waals surface area (Å²) in [5.41, 5.74) is 7.08. The Bertz CT molecular complexity index is 482. The third-order valence-corrected chi connectivity index (χ3v) is 4.49. The van der Waals surface area contributed by atoms with Crippen LogP contribution in [0.15, 0.2) is 12.1 Å². The number of benzene rings is 1. The van der Waals surface area contributed by atoms with E-state index < -0.39 is 0 Å². The number of likely N-dealkylation sites (N-methyl/N-ethyl adjacent to an activating group) is 1. The van der Waals surface area contributed by atoms with Crippen molar-refractivity contribution in [3.8, 4) is 11.5 Å². The summed E-state index contributed by atoms with van der Waals surface area (Å²) in [7, 11) is 2.10. The van der Waals surface area contributed by atoms with Crippen molar-refractivity contribution in [2.75, 3.05) is 26.8 Å². The van der Waals surface area contributed by atoms with Crippen LogP contribution in [0.25, 0.3) is 0 Å². The van der Waals surface area contributed by atoms with Crippen LogP contribution in [-0.2, 0) is 0 Å². The second-order valence-corrected chi connectivity index (χ2v) is 5.96. The molecule has 0 fully saturated rings. The fraction of sp³-hybridized carbons (Fsp3) is 0.625. The van der Waals surface area contributed by atoms with E-state index in [4.69, 9.17) is 26.8 Å². The summed E-state index contributed by atoms with van der Waals surface area (Å²) in [4.78, 5) is 2.29. The first-order valence-electron chi connectivity index (χ1n) is 7.59. The lowest BCUT2D eigenvalue weighted by atomic mass is 10.0. The molecule has 0 aliphatic carbocycles. The van der Waals surface area contributed by atoms with Crippen LogP contribution in [0, 0.1) is 0 Å². The molecule has 0 radical (unpaired) electrons. The van der Waals surface area contributed by atoms with E-state index >= 15 is 0 Å². The van der Waals surface area contributed by atoms with Gasteiger partial charge in [-0.1, -0.05) is 18.5 Å². The standard InChI is InChI=1S/C16H25ClN2O2/c1-4-11(2)19(3)14(10-18)12-8-13(17)16-15(9-12)20-6-5-7-21-16/h8-9,11,14H,4-7,10,18H2,1-3H3. The summed E-state index contributed by atoms with van der Waals surface area (Å²) in [6.07, 6.45) is 1.94. The third-order valence-electron chi connectivity index (χ3n) is 4.21. The number of hydrogen-bond acceptors (Lipinski definition) is 4. The van der Waals surface area contributed by atoms with Gasteiger partial charge in [-0.15, -0.1) is 0 Å². The SMILES string of the molecule is CCC(C)N(C)C(CN)c1cc(Cl)c2c(c1)OCCCO2. The smallest absolute Gasteiger partial charge is 0.179 e. The van der Waals surface area contributed by atoms with Gasteiger partial charge in [0.2, 0.25) is 0 Å². The van der Waals surface area contributed by atoms with Crippen molar-refractivity contribution in [1.82, 2.24) is 4.90 Å². The summed E-state index contributed by atoms with van der Waals surface area (Å²) in [5, 5.41) is 0.598. The molecule has 0 bridgehead atoms. The minimum absolute atomic E-state index is 0.120. The molecule has 2 atom stereocenters. The van der Waals surface area contributed by atoms with Gasteiger partial charge in [0.15, 0.2) is 11.5 Å². The van der Waals surface area contributed by atoms with Gasteiger partial charge in [-0.25, -0.2) is 0 Å². The van der Waals surface area contributed by atoms with E-state index in [9.17, 15) is 0 Å². The molecule has 21 heavy (non-hydrogen) atoms. The lowest BCUT2D eigenvalue weighted by Gasteiger charge is -2.32. The van der Waals surface area contributed by atoms with Gasteiger partial charge in [-0.05, 0) is 38.1 Å². The quantitative estimate of drug-likeness (QED) is 0.907. The molecule has 0 spiro atoms. The molecule has 0 saturated heterocycles. The molecule has 1 aliphatic rings. The normalized spacial score (nSPS) is 17.4. The van der Waals surface area contributed by atoms with Crippen molar-refractivity contribution in [3.05, 3.63) is 22.7 Å². The predicted octanol–water partition coefficient (Wildman–Crippen LogP) is 3.23. The Kier molecular flexibility index (Phi) is 5.73. The van der Waals surface area contributed by atoms with E-state index in [0.717, 1.165) is 24.2 Å². The zero-order valence-electron chi connectivity index (χ0n) is 13.1. The van der Waals surface area contributed by atoms with Gasteiger partial charge >= 0.3 is 0 Å². The Morgan fingerprint density at radius 1 is 1.33 bits per heavy atom. The summed E-state index contributed by atoms with van der Waals surface area (Å²) in [6, 6.07) is 4.54. The molecule has 118 valence electrons. The van der Waals surface area contributed by atoms with Crippen molar-refractivity contribution < 1.29 is 9.47 Å². The van der Waals surface area contributed by atoms with Crippen molar-refractivity contribution in [2.45, 2.75) is 38.8 Å². The van der Waals surface area contributed by atoms with Crippen molar-refractivity contribution in [2.24, 2.45) is 5.73 Å². The van der Waals surface area contributed by atoms with Crippen LogP contribution in [-0.4, -0.2) is 37.7 Å². The molecule has 1 aliphatic heterocycles. The van der Waals surface area contributed by atoms with E-state index in [2.05, 4.69) is 25.8 Å². The summed E-state index contributed by atoms with van der Waals surface area (Å²) >= 11 is 6.37. The predicted molar refractivity (Wildman–Crippen MR) is 86.4 cm³/mol. The highest BCUT2D eigenvalue weighted by molar-refractivity contribution is 6.32. The van der Waals surface area contributed by atoms with Crippen LogP contribution in [0.3, 0.4) is 0 Å². The van der Waals surface area contributed by atoms with E-state index in [-0.39, 0.29) is 6.04 Å². The van der Waals surface area contributed by atoms with Crippen LogP contribution in [0.4, 0.5) is 0 Å². The molecule has 5 heteroatoms. The van der Waals surface area contributed by atoms with E-state index in [1.165, 1.54) is 0 Å². The van der Waals surface area contributed by atoms with Crippen LogP contribution in [0.1, 0.15) is 38.3 Å². The highest BCUT2D eigenvalue weighted by Gasteiger charge is 2.23. The first kappa shape index (κ1) is 16.4. The maximum atomic E-state index is 6.37. The Morgan fingerprint density at radius 2 is 2.05 bits per heavy atom. The number of rotatable bonds is 5. The molecule has 2 N–H and O–H groups in total. The highest BCUT2D eigenvalue weighted by Crippen LogP contribution is 2.40. The molecule has 0 saturated carbocycles. The Labute approximate surface area is 132 Å². The number of ether oxygens (including phenoxy) is 2. The molecule has 0 amide bonds. The lowest BCUT2D eigenvalue weighted by molar-refractivity contribution is 0.184. The monoisotopic (exact) mass is 312 g/mol. The highest BCUT2D eigenvalue weighted by atomic mass is 35.5. The van der Waals surface area contributed by atoms with Crippen LogP contribution < -0.4 is 15.2 Å². The molecular formula is C16H25ClN2O2. The van der Waals surface area contributed by atoms with Gasteiger partial charge in [-0.3, -0.25) is 4.90 Å². The summed E-state index contributed by atoms with van der Waals surface area (Å²) in [5.74, 6) is 1.38. The Balaban J connectivity index is 2.34. The third kappa shape index (κ3) is 3.62. The van der Waals surface area contributed by atoms with Crippen LogP contribution in [0.2, 0.25) is 5.02 Å². The second kappa shape index (κ2) is 7.34. The molecule has 2 unspecified atom stereocenters. The first-order chi connectivity index (χ1) is 10.1. The van der Waals surface area contributed by atoms with Crippen LogP contribution in [0.5, 0.6) is 11.5 Å². The Hall–Kier alpha value is -0.970. The maximum absolute atomic E-state index is 6.37. The topological polar surface area (TPSA) is 47.7 Å². The molecule has 0 aromatic heterocycles. The van der Waals surface area contributed by atoms with Crippen LogP contribution >= 0.6 is 11.6 Å². The van der Waals surface area contributed by atoms with E-state index in [1.807, 2.05) is 12.1 Å². The summed E-state index contributed by atoms with van der Waals surface area (Å²) in [6.45, 7) is 6.21. The van der Waals surface area contributed by atoms with Crippen molar-refractivity contribution in [1.29, 1.82) is 0 Å². The fourth-order valence-electron chi connectivity index (χ4n) is 2.58.